The third-order valence-electron chi connectivity index (χ3n) is 3.18. The van der Waals surface area contributed by atoms with Crippen LogP contribution in [-0.2, 0) is 0 Å². The van der Waals surface area contributed by atoms with Crippen molar-refractivity contribution >= 4 is 23.4 Å². The van der Waals surface area contributed by atoms with Crippen molar-refractivity contribution in [3.05, 3.63) is 0 Å². The zero-order chi connectivity index (χ0) is 21.9. The maximum atomic E-state index is 13.6. The van der Waals surface area contributed by atoms with Gasteiger partial charge in [0.1, 0.15) is 0 Å². The van der Waals surface area contributed by atoms with Gasteiger partial charge in [-0.1, -0.05) is 23.4 Å². The van der Waals surface area contributed by atoms with Crippen molar-refractivity contribution in [3.8, 4) is 12.1 Å². The van der Waals surface area contributed by atoms with Gasteiger partial charge in [0, 0.05) is 12.2 Å². The molecule has 0 radical (unpaired) electrons. The van der Waals surface area contributed by atoms with Gasteiger partial charge in [0.25, 0.3) is 0 Å². The van der Waals surface area contributed by atoms with Crippen LogP contribution in [0.4, 0.5) is 48.3 Å². The van der Waals surface area contributed by atoms with Crippen molar-refractivity contribution in [2.75, 3.05) is 5.75 Å². The molecule has 0 aliphatic rings. The molecule has 0 rings (SSSR count). The molecule has 2 nitrogen and oxygen atoms in total. The van der Waals surface area contributed by atoms with Crippen LogP contribution in [0.15, 0.2) is 0 Å². The van der Waals surface area contributed by atoms with Gasteiger partial charge in [-0.15, -0.1) is 0 Å². The van der Waals surface area contributed by atoms with Gasteiger partial charge in [-0.3, -0.25) is 0 Å². The molecule has 0 saturated heterocycles. The molecule has 0 heterocycles. The summed E-state index contributed by atoms with van der Waals surface area (Å²) in [5, 5.41) is 13.2. The average Bonchev–Trinajstić information content (AvgIpc) is 2.52. The highest BCUT2D eigenvalue weighted by Crippen LogP contribution is 2.53. The summed E-state index contributed by atoms with van der Waals surface area (Å²) in [7, 11) is 0. The second kappa shape index (κ2) is 8.47. The molecule has 0 bridgehead atoms. The second-order valence-electron chi connectivity index (χ2n) is 5.15. The molecule has 0 fully saturated rings. The average molecular weight is 457 g/mol. The van der Waals surface area contributed by atoms with Gasteiger partial charge in [0.05, 0.1) is 12.1 Å². The van der Waals surface area contributed by atoms with Crippen LogP contribution in [0.1, 0.15) is 12.8 Å². The Morgan fingerprint density at radius 3 is 1.67 bits per heavy atom. The minimum atomic E-state index is -6.66. The van der Waals surface area contributed by atoms with E-state index in [2.05, 4.69) is 11.6 Å². The van der Waals surface area contributed by atoms with E-state index in [0.717, 1.165) is 12.1 Å². The molecule has 0 aromatic rings. The Morgan fingerprint density at radius 1 is 0.889 bits per heavy atom. The topological polar surface area (TPSA) is 47.6 Å². The van der Waals surface area contributed by atoms with Gasteiger partial charge in [-0.2, -0.15) is 45.6 Å². The van der Waals surface area contributed by atoms with Gasteiger partial charge < -0.3 is 0 Å². The first-order chi connectivity index (χ1) is 11.9. The molecule has 0 aliphatic heterocycles. The molecule has 0 spiro atoms. The van der Waals surface area contributed by atoms with Gasteiger partial charge in [0.15, 0.2) is 5.41 Å². The number of nitriles is 2. The fraction of sp³-hybridized carbons (Fsp3) is 0.833. The number of halogens is 12. The van der Waals surface area contributed by atoms with E-state index in [0.29, 0.717) is 0 Å². The van der Waals surface area contributed by atoms with Crippen molar-refractivity contribution in [1.29, 1.82) is 10.5 Å². The van der Waals surface area contributed by atoms with Crippen molar-refractivity contribution in [2.45, 2.75) is 47.9 Å². The van der Waals surface area contributed by atoms with E-state index in [4.69, 9.17) is 10.5 Å². The number of thioether (sulfide) groups is 1. The minimum Gasteiger partial charge on any atom is -0.222 e. The van der Waals surface area contributed by atoms with Gasteiger partial charge in [0.2, 0.25) is 5.63 Å². The lowest BCUT2D eigenvalue weighted by Crippen LogP contribution is -2.58. The molecular weight excluding hydrogens is 449 g/mol. The van der Waals surface area contributed by atoms with Crippen molar-refractivity contribution in [3.63, 3.8) is 0 Å². The zero-order valence-electron chi connectivity index (χ0n) is 12.6. The molecule has 1 unspecified atom stereocenters. The quantitative estimate of drug-likeness (QED) is 0.307. The molecule has 1 atom stereocenters. The fourth-order valence-electron chi connectivity index (χ4n) is 1.60. The largest absolute Gasteiger partial charge is 0.377 e. The molecule has 0 aromatic heterocycles. The summed E-state index contributed by atoms with van der Waals surface area (Å²) >= 11 is 3.84. The molecule has 0 aliphatic carbocycles. The summed E-state index contributed by atoms with van der Waals surface area (Å²) in [5.41, 5.74) is -6.48. The van der Waals surface area contributed by atoms with Crippen LogP contribution in [-0.4, -0.2) is 40.8 Å². The van der Waals surface area contributed by atoms with E-state index in [1.807, 2.05) is 0 Å². The van der Waals surface area contributed by atoms with Crippen LogP contribution >= 0.6 is 23.4 Å². The molecule has 0 N–H and O–H groups in total. The van der Waals surface area contributed by atoms with Crippen molar-refractivity contribution in [1.82, 2.24) is 0 Å². The molecule has 0 amide bonds. The van der Waals surface area contributed by atoms with E-state index in [-0.39, 0.29) is 0 Å². The number of nitrogens with zero attached hydrogens (tertiary/aromatic N) is 2. The number of rotatable bonds is 10. The molecule has 156 valence electrons. The molecule has 27 heavy (non-hydrogen) atoms. The standard InChI is InChI=1S/C12H8ClF11N2S/c13-6(14)11(21,22)27-2-1-8(4-25,5-26)3-9(17,18)12(23,24)10(19,20)7(15)16/h6-7H,1-3H2. The Kier molecular flexibility index (Phi) is 8.11. The first-order valence-electron chi connectivity index (χ1n) is 6.46. The minimum absolute atomic E-state index is 0.655. The molecular formula is C12H8ClF11N2S. The first-order valence-corrected chi connectivity index (χ1v) is 7.88. The predicted octanol–water partition coefficient (Wildman–Crippen LogP) is 5.83. The van der Waals surface area contributed by atoms with E-state index >= 15 is 0 Å². The number of hydrogen-bond acceptors (Lipinski definition) is 3. The summed E-state index contributed by atoms with van der Waals surface area (Å²) in [5.74, 6) is -20.3. The smallest absolute Gasteiger partial charge is 0.222 e. The zero-order valence-corrected chi connectivity index (χ0v) is 14.2. The van der Waals surface area contributed by atoms with Crippen molar-refractivity contribution in [2.24, 2.45) is 5.41 Å². The van der Waals surface area contributed by atoms with Crippen LogP contribution < -0.4 is 0 Å². The maximum Gasteiger partial charge on any atom is 0.377 e. The van der Waals surface area contributed by atoms with Crippen LogP contribution in [0, 0.1) is 28.1 Å². The van der Waals surface area contributed by atoms with Crippen LogP contribution in [0.25, 0.3) is 0 Å². The summed E-state index contributed by atoms with van der Waals surface area (Å²) < 4.78 is 142. The lowest BCUT2D eigenvalue weighted by atomic mass is 9.80. The van der Waals surface area contributed by atoms with Crippen LogP contribution in [0.2, 0.25) is 0 Å². The molecule has 0 aromatic carbocycles. The number of alkyl halides is 12. The van der Waals surface area contributed by atoms with E-state index in [9.17, 15) is 48.3 Å². The normalized spacial score (nSPS) is 15.4. The summed E-state index contributed by atoms with van der Waals surface area (Å²) in [6.07, 6.45) is -9.18. The Balaban J connectivity index is 5.57. The number of hydrogen-bond donors (Lipinski definition) is 0. The molecule has 0 saturated carbocycles. The Hall–Kier alpha value is -1.15. The third kappa shape index (κ3) is 5.44. The van der Waals surface area contributed by atoms with Gasteiger partial charge in [-0.25, -0.2) is 13.2 Å². The van der Waals surface area contributed by atoms with E-state index in [1.54, 1.807) is 0 Å². The Morgan fingerprint density at radius 2 is 1.33 bits per heavy atom. The van der Waals surface area contributed by atoms with Gasteiger partial charge in [-0.05, 0) is 6.42 Å². The van der Waals surface area contributed by atoms with Crippen LogP contribution in [0.5, 0.6) is 0 Å². The maximum absolute atomic E-state index is 13.6. The Labute approximate surface area is 154 Å². The molecule has 15 heteroatoms. The Bertz CT molecular complexity index is 583. The lowest BCUT2D eigenvalue weighted by Gasteiger charge is -2.34. The highest BCUT2D eigenvalue weighted by Gasteiger charge is 2.76. The predicted molar refractivity (Wildman–Crippen MR) is 71.9 cm³/mol. The summed E-state index contributed by atoms with van der Waals surface area (Å²) in [6.45, 7) is 0. The summed E-state index contributed by atoms with van der Waals surface area (Å²) in [6, 6.07) is 1.60. The highest BCUT2D eigenvalue weighted by molar-refractivity contribution is 8.00. The van der Waals surface area contributed by atoms with Crippen molar-refractivity contribution < 1.29 is 48.3 Å². The fourth-order valence-corrected chi connectivity index (χ4v) is 2.64. The van der Waals surface area contributed by atoms with Gasteiger partial charge >= 0.3 is 29.4 Å². The van der Waals surface area contributed by atoms with E-state index in [1.165, 1.54) is 0 Å². The highest BCUT2D eigenvalue weighted by atomic mass is 35.5. The second-order valence-corrected chi connectivity index (χ2v) is 6.77. The first kappa shape index (κ1) is 25.8. The SMILES string of the molecule is N#CC(C#N)(CCSC(F)(F)C(F)Cl)CC(F)(F)C(F)(F)C(F)(F)C(F)F. The lowest BCUT2D eigenvalue weighted by molar-refractivity contribution is -0.342. The summed E-state index contributed by atoms with van der Waals surface area (Å²) in [4.78, 5) is 0. The van der Waals surface area contributed by atoms with E-state index < -0.39 is 70.8 Å². The monoisotopic (exact) mass is 456 g/mol. The van der Waals surface area contributed by atoms with Crippen LogP contribution in [0.3, 0.4) is 0 Å². The third-order valence-corrected chi connectivity index (χ3v) is 4.58.